The van der Waals surface area contributed by atoms with Crippen molar-refractivity contribution in [3.8, 4) is 0 Å². The molecule has 0 N–H and O–H groups in total. The Hall–Kier alpha value is -2.23. The first-order valence-corrected chi connectivity index (χ1v) is 10.6. The van der Waals surface area contributed by atoms with Gasteiger partial charge in [-0.3, -0.25) is 4.57 Å². The summed E-state index contributed by atoms with van der Waals surface area (Å²) in [6.45, 7) is 0. The molecule has 1 fully saturated rings. The van der Waals surface area contributed by atoms with Gasteiger partial charge in [-0.05, 0) is 11.1 Å². The summed E-state index contributed by atoms with van der Waals surface area (Å²) < 4.78 is 32.0. The van der Waals surface area contributed by atoms with Gasteiger partial charge in [0, 0.05) is 12.7 Å². The predicted octanol–water partition coefficient (Wildman–Crippen LogP) is 6.05. The molecular formula is C22H21O4P. The zero-order valence-electron chi connectivity index (χ0n) is 15.0. The normalized spacial score (nSPS) is 28.0. The zero-order valence-corrected chi connectivity index (χ0v) is 15.9. The van der Waals surface area contributed by atoms with E-state index in [1.54, 1.807) is 0 Å². The molecule has 0 radical (unpaired) electrons. The van der Waals surface area contributed by atoms with Gasteiger partial charge in [0.1, 0.15) is 0 Å². The number of ether oxygens (including phenoxy) is 2. The third-order valence-corrected chi connectivity index (χ3v) is 7.40. The van der Waals surface area contributed by atoms with Crippen LogP contribution in [0.2, 0.25) is 0 Å². The standard InChI is InChI=1S/C22H21O4P/c1-24-27(23)21(18-13-7-3-8-14-18)25-20(17-11-5-2-6-12-17)26-22(27)19-15-9-4-10-16-19/h2-16,20-22H,1H3. The van der Waals surface area contributed by atoms with Crippen molar-refractivity contribution < 1.29 is 18.6 Å². The largest absolute Gasteiger partial charge is 0.330 e. The average Bonchev–Trinajstić information content (AvgIpc) is 2.75. The Kier molecular flexibility index (Phi) is 5.24. The van der Waals surface area contributed by atoms with Crippen molar-refractivity contribution in [1.29, 1.82) is 0 Å². The van der Waals surface area contributed by atoms with Crippen LogP contribution in [-0.2, 0) is 18.6 Å². The molecule has 27 heavy (non-hydrogen) atoms. The van der Waals surface area contributed by atoms with Crippen molar-refractivity contribution in [2.45, 2.75) is 18.0 Å². The second-order valence-corrected chi connectivity index (χ2v) is 8.96. The van der Waals surface area contributed by atoms with Crippen LogP contribution in [0.25, 0.3) is 0 Å². The number of hydrogen-bond donors (Lipinski definition) is 0. The highest BCUT2D eigenvalue weighted by atomic mass is 31.2. The van der Waals surface area contributed by atoms with Gasteiger partial charge >= 0.3 is 0 Å². The molecule has 3 aromatic carbocycles. The molecule has 1 saturated heterocycles. The van der Waals surface area contributed by atoms with Crippen molar-refractivity contribution >= 4 is 7.37 Å². The highest BCUT2D eigenvalue weighted by Gasteiger charge is 2.51. The van der Waals surface area contributed by atoms with Gasteiger partial charge in [-0.15, -0.1) is 0 Å². The van der Waals surface area contributed by atoms with Crippen molar-refractivity contribution in [2.75, 3.05) is 7.11 Å². The fourth-order valence-electron chi connectivity index (χ4n) is 3.33. The molecule has 2 atom stereocenters. The summed E-state index contributed by atoms with van der Waals surface area (Å²) in [5, 5.41) is 0. The summed E-state index contributed by atoms with van der Waals surface area (Å²) in [5.74, 6) is -1.43. The van der Waals surface area contributed by atoms with E-state index in [4.69, 9.17) is 14.0 Å². The molecule has 0 aromatic heterocycles. The molecule has 1 aliphatic rings. The Morgan fingerprint density at radius 1 is 0.667 bits per heavy atom. The van der Waals surface area contributed by atoms with E-state index in [2.05, 4.69) is 0 Å². The van der Waals surface area contributed by atoms with E-state index in [0.717, 1.165) is 16.7 Å². The second kappa shape index (κ2) is 7.79. The Morgan fingerprint density at radius 3 is 1.41 bits per heavy atom. The third kappa shape index (κ3) is 3.50. The average molecular weight is 380 g/mol. The lowest BCUT2D eigenvalue weighted by Gasteiger charge is -2.41. The van der Waals surface area contributed by atoms with Gasteiger partial charge in [-0.1, -0.05) is 91.0 Å². The highest BCUT2D eigenvalue weighted by Crippen LogP contribution is 2.73. The van der Waals surface area contributed by atoms with Gasteiger partial charge < -0.3 is 14.0 Å². The topological polar surface area (TPSA) is 44.8 Å². The monoisotopic (exact) mass is 380 g/mol. The van der Waals surface area contributed by atoms with Gasteiger partial charge in [0.15, 0.2) is 18.0 Å². The molecule has 0 spiro atoms. The molecule has 4 nitrogen and oxygen atoms in total. The fraction of sp³-hybridized carbons (Fsp3) is 0.182. The highest BCUT2D eigenvalue weighted by molar-refractivity contribution is 7.59. The van der Waals surface area contributed by atoms with Crippen molar-refractivity contribution in [3.63, 3.8) is 0 Å². The van der Waals surface area contributed by atoms with Crippen LogP contribution in [0.3, 0.4) is 0 Å². The quantitative estimate of drug-likeness (QED) is 0.517. The van der Waals surface area contributed by atoms with Gasteiger partial charge in [0.25, 0.3) is 7.37 Å². The van der Waals surface area contributed by atoms with E-state index in [-0.39, 0.29) is 0 Å². The molecule has 2 unspecified atom stereocenters. The maximum absolute atomic E-state index is 14.0. The Morgan fingerprint density at radius 2 is 1.04 bits per heavy atom. The minimum atomic E-state index is -3.36. The van der Waals surface area contributed by atoms with Crippen LogP contribution >= 0.6 is 7.37 Å². The first-order valence-electron chi connectivity index (χ1n) is 8.83. The van der Waals surface area contributed by atoms with Crippen molar-refractivity contribution in [2.24, 2.45) is 0 Å². The lowest BCUT2D eigenvalue weighted by atomic mass is 10.2. The number of rotatable bonds is 4. The van der Waals surface area contributed by atoms with Crippen LogP contribution in [0, 0.1) is 0 Å². The summed E-state index contributed by atoms with van der Waals surface area (Å²) in [6.07, 6.45) is -0.640. The molecule has 3 aromatic rings. The van der Waals surface area contributed by atoms with Gasteiger partial charge in [-0.2, -0.15) is 0 Å². The van der Waals surface area contributed by atoms with E-state index in [0.29, 0.717) is 0 Å². The number of benzene rings is 3. The van der Waals surface area contributed by atoms with Crippen LogP contribution < -0.4 is 0 Å². The van der Waals surface area contributed by atoms with Gasteiger partial charge in [-0.25, -0.2) is 0 Å². The molecule has 138 valence electrons. The molecule has 0 bridgehead atoms. The van der Waals surface area contributed by atoms with Crippen LogP contribution in [0.1, 0.15) is 34.7 Å². The van der Waals surface area contributed by atoms with Crippen LogP contribution in [-0.4, -0.2) is 7.11 Å². The van der Waals surface area contributed by atoms with Crippen LogP contribution in [0.15, 0.2) is 91.0 Å². The summed E-state index contributed by atoms with van der Waals surface area (Å²) in [6, 6.07) is 28.8. The maximum atomic E-state index is 14.0. The smallest absolute Gasteiger partial charge is 0.267 e. The SMILES string of the molecule is COP1(=O)C(c2ccccc2)OC(c2ccccc2)OC1c1ccccc1. The van der Waals surface area contributed by atoms with Crippen LogP contribution in [0.4, 0.5) is 0 Å². The van der Waals surface area contributed by atoms with Crippen molar-refractivity contribution in [1.82, 2.24) is 0 Å². The molecular weight excluding hydrogens is 359 g/mol. The van der Waals surface area contributed by atoms with Crippen molar-refractivity contribution in [3.05, 3.63) is 108 Å². The maximum Gasteiger partial charge on any atom is 0.267 e. The van der Waals surface area contributed by atoms with E-state index in [9.17, 15) is 4.57 Å². The van der Waals surface area contributed by atoms with Crippen LogP contribution in [0.5, 0.6) is 0 Å². The first-order chi connectivity index (χ1) is 13.2. The molecule has 1 heterocycles. The first kappa shape index (κ1) is 18.1. The molecule has 0 aliphatic carbocycles. The summed E-state index contributed by atoms with van der Waals surface area (Å²) >= 11 is 0. The molecule has 0 saturated carbocycles. The van der Waals surface area contributed by atoms with E-state index >= 15 is 0 Å². The summed E-state index contributed by atoms with van der Waals surface area (Å²) in [7, 11) is -1.90. The molecule has 5 heteroatoms. The minimum absolute atomic E-state index is 0.640. The van der Waals surface area contributed by atoms with Gasteiger partial charge in [0.05, 0.1) is 0 Å². The predicted molar refractivity (Wildman–Crippen MR) is 104 cm³/mol. The minimum Gasteiger partial charge on any atom is -0.330 e. The van der Waals surface area contributed by atoms with E-state index in [1.807, 2.05) is 91.0 Å². The second-order valence-electron chi connectivity index (χ2n) is 6.37. The molecule has 4 rings (SSSR count). The van der Waals surface area contributed by atoms with Gasteiger partial charge in [0.2, 0.25) is 0 Å². The third-order valence-electron chi connectivity index (χ3n) is 4.69. The lowest BCUT2D eigenvalue weighted by Crippen LogP contribution is -2.25. The molecule has 0 amide bonds. The lowest BCUT2D eigenvalue weighted by molar-refractivity contribution is -0.195. The Balaban J connectivity index is 1.82. The van der Waals surface area contributed by atoms with E-state index < -0.39 is 25.3 Å². The summed E-state index contributed by atoms with van der Waals surface area (Å²) in [5.41, 5.74) is 2.50. The fourth-order valence-corrected chi connectivity index (χ4v) is 5.69. The molecule has 1 aliphatic heterocycles. The number of hydrogen-bond acceptors (Lipinski definition) is 4. The Bertz CT molecular complexity index is 861. The van der Waals surface area contributed by atoms with E-state index in [1.165, 1.54) is 7.11 Å². The Labute approximate surface area is 159 Å². The summed E-state index contributed by atoms with van der Waals surface area (Å²) in [4.78, 5) is 0. The zero-order chi connectivity index (χ0) is 18.7.